The molecule has 11 aromatic rings. The minimum Gasteiger partial charge on any atom is -0.455 e. The van der Waals surface area contributed by atoms with Gasteiger partial charge in [0.05, 0.1) is 28.1 Å². The van der Waals surface area contributed by atoms with Gasteiger partial charge in [-0.2, -0.15) is 0 Å². The number of hydrogen-bond donors (Lipinski definition) is 0. The molecule has 0 atom stereocenters. The van der Waals surface area contributed by atoms with Crippen molar-refractivity contribution >= 4 is 82.4 Å². The van der Waals surface area contributed by atoms with Crippen LogP contribution in [0.5, 0.6) is 0 Å². The minimum absolute atomic E-state index is 0.908. The highest BCUT2D eigenvalue weighted by atomic mass is 16.3. The summed E-state index contributed by atoms with van der Waals surface area (Å²) < 4.78 is 9.08. The highest BCUT2D eigenvalue weighted by Gasteiger charge is 2.24. The van der Waals surface area contributed by atoms with E-state index in [4.69, 9.17) is 4.42 Å². The van der Waals surface area contributed by atoms with Gasteiger partial charge in [-0.1, -0.05) is 140 Å². The largest absolute Gasteiger partial charge is 0.455 e. The van der Waals surface area contributed by atoms with E-state index in [0.717, 1.165) is 55.5 Å². The van der Waals surface area contributed by atoms with Gasteiger partial charge in [0.2, 0.25) is 0 Å². The van der Waals surface area contributed by atoms with Gasteiger partial charge >= 0.3 is 0 Å². The van der Waals surface area contributed by atoms with Gasteiger partial charge in [0.1, 0.15) is 11.2 Å². The Morgan fingerprint density at radius 3 is 1.76 bits per heavy atom. The molecule has 0 saturated heterocycles. The number of benzene rings is 9. The Balaban J connectivity index is 1.24. The maximum absolute atomic E-state index is 6.65. The average molecular weight is 691 g/mol. The molecule has 0 unspecified atom stereocenters. The van der Waals surface area contributed by atoms with E-state index in [1.54, 1.807) is 0 Å². The lowest BCUT2D eigenvalue weighted by Crippen LogP contribution is -2.12. The van der Waals surface area contributed by atoms with Crippen LogP contribution in [0.2, 0.25) is 0 Å². The summed E-state index contributed by atoms with van der Waals surface area (Å²) in [6, 6.07) is 67.9. The van der Waals surface area contributed by atoms with E-state index in [9.17, 15) is 0 Å². The summed E-state index contributed by atoms with van der Waals surface area (Å²) in [5, 5.41) is 9.35. The van der Waals surface area contributed by atoms with Crippen LogP contribution in [-0.2, 0) is 0 Å². The van der Waals surface area contributed by atoms with Gasteiger partial charge in [-0.3, -0.25) is 0 Å². The van der Waals surface area contributed by atoms with Gasteiger partial charge in [0.15, 0.2) is 0 Å². The molecule has 0 N–H and O–H groups in total. The van der Waals surface area contributed by atoms with E-state index in [1.807, 2.05) is 0 Å². The van der Waals surface area contributed by atoms with Crippen molar-refractivity contribution in [2.75, 3.05) is 4.90 Å². The van der Waals surface area contributed by atoms with E-state index in [0.29, 0.717) is 0 Å². The first-order chi connectivity index (χ1) is 26.7. The van der Waals surface area contributed by atoms with Crippen LogP contribution in [0.25, 0.3) is 82.1 Å². The average Bonchev–Trinajstić information content (AvgIpc) is 3.78. The van der Waals surface area contributed by atoms with Gasteiger partial charge in [0.25, 0.3) is 0 Å². The first-order valence-corrected chi connectivity index (χ1v) is 18.5. The van der Waals surface area contributed by atoms with Crippen LogP contribution in [0.15, 0.2) is 192 Å². The first-order valence-electron chi connectivity index (χ1n) is 18.5. The van der Waals surface area contributed by atoms with Crippen LogP contribution < -0.4 is 4.90 Å². The Kier molecular flexibility index (Phi) is 6.77. The van der Waals surface area contributed by atoms with Crippen molar-refractivity contribution in [3.8, 4) is 16.8 Å². The minimum atomic E-state index is 0.908. The van der Waals surface area contributed by atoms with E-state index in [2.05, 4.69) is 204 Å². The summed E-state index contributed by atoms with van der Waals surface area (Å²) in [5.41, 5.74) is 12.2. The Bertz CT molecular complexity index is 3190. The molecule has 0 amide bonds. The van der Waals surface area contributed by atoms with Crippen molar-refractivity contribution in [1.29, 1.82) is 0 Å². The number of anilines is 3. The van der Waals surface area contributed by atoms with Crippen molar-refractivity contribution in [3.05, 3.63) is 194 Å². The molecule has 0 fully saturated rings. The fourth-order valence-corrected chi connectivity index (χ4v) is 8.69. The lowest BCUT2D eigenvalue weighted by atomic mass is 9.98. The highest BCUT2D eigenvalue weighted by Crippen LogP contribution is 2.48. The third-order valence-electron chi connectivity index (χ3n) is 11.1. The third kappa shape index (κ3) is 4.55. The fourth-order valence-electron chi connectivity index (χ4n) is 8.69. The first kappa shape index (κ1) is 30.5. The summed E-state index contributed by atoms with van der Waals surface area (Å²) in [7, 11) is 0. The molecule has 0 spiro atoms. The molecule has 11 rings (SSSR count). The highest BCUT2D eigenvalue weighted by molar-refractivity contribution is 6.21. The van der Waals surface area contributed by atoms with Crippen LogP contribution in [-0.4, -0.2) is 4.57 Å². The van der Waals surface area contributed by atoms with Crippen molar-refractivity contribution in [3.63, 3.8) is 0 Å². The number of furan rings is 1. The van der Waals surface area contributed by atoms with E-state index in [1.165, 1.54) is 49.3 Å². The van der Waals surface area contributed by atoms with Gasteiger partial charge in [-0.15, -0.1) is 0 Å². The lowest BCUT2D eigenvalue weighted by Gasteiger charge is -2.29. The standard InChI is InChI=1S/C51H34N2O/c1-33-15-13-28-49-50(33)43-32-48(41-24-7-8-25-42(41)51(43)54-49)52(36-19-14-18-35(31-36)34-16-3-2-4-17-34)46-29-30-47(40-21-6-5-20-39(40)46)53-44-26-11-9-22-37(44)38-23-10-12-27-45(38)53/h2-32H,1H3. The van der Waals surface area contributed by atoms with Crippen LogP contribution >= 0.6 is 0 Å². The number of nitrogens with zero attached hydrogens (tertiary/aromatic N) is 2. The quantitative estimate of drug-likeness (QED) is 0.179. The summed E-state index contributed by atoms with van der Waals surface area (Å²) in [4.78, 5) is 2.46. The van der Waals surface area contributed by atoms with Crippen molar-refractivity contribution < 1.29 is 4.42 Å². The smallest absolute Gasteiger partial charge is 0.143 e. The molecular weight excluding hydrogens is 657 g/mol. The maximum Gasteiger partial charge on any atom is 0.143 e. The normalized spacial score (nSPS) is 11.8. The molecule has 2 aromatic heterocycles. The second-order valence-electron chi connectivity index (χ2n) is 14.1. The Morgan fingerprint density at radius 2 is 1.02 bits per heavy atom. The second kappa shape index (κ2) is 12.0. The molecule has 9 aromatic carbocycles. The number of aromatic nitrogens is 1. The molecule has 0 aliphatic carbocycles. The van der Waals surface area contributed by atoms with Crippen molar-refractivity contribution in [2.24, 2.45) is 0 Å². The zero-order chi connectivity index (χ0) is 35.8. The fraction of sp³-hybridized carbons (Fsp3) is 0.0196. The Labute approximate surface area is 312 Å². The van der Waals surface area contributed by atoms with E-state index < -0.39 is 0 Å². The van der Waals surface area contributed by atoms with E-state index >= 15 is 0 Å². The van der Waals surface area contributed by atoms with Crippen LogP contribution in [0.4, 0.5) is 17.1 Å². The van der Waals surface area contributed by atoms with Crippen molar-refractivity contribution in [2.45, 2.75) is 6.92 Å². The lowest BCUT2D eigenvalue weighted by molar-refractivity contribution is 0.672. The van der Waals surface area contributed by atoms with E-state index in [-0.39, 0.29) is 0 Å². The molecular formula is C51H34N2O. The monoisotopic (exact) mass is 690 g/mol. The molecule has 0 aliphatic heterocycles. The second-order valence-corrected chi connectivity index (χ2v) is 14.1. The molecule has 54 heavy (non-hydrogen) atoms. The SMILES string of the molecule is Cc1cccc2oc3c4ccccc4c(N(c4cccc(-c5ccccc5)c4)c4ccc(-n5c6ccccc6c6ccccc65)c5ccccc45)cc3c12. The summed E-state index contributed by atoms with van der Waals surface area (Å²) in [6.45, 7) is 2.17. The summed E-state index contributed by atoms with van der Waals surface area (Å²) >= 11 is 0. The zero-order valence-corrected chi connectivity index (χ0v) is 29.7. The van der Waals surface area contributed by atoms with Gasteiger partial charge in [-0.05, 0) is 72.1 Å². The number of rotatable bonds is 5. The molecule has 0 bridgehead atoms. The Hall–Kier alpha value is -7.10. The molecule has 3 nitrogen and oxygen atoms in total. The number of fused-ring (bicyclic) bond motifs is 9. The molecule has 254 valence electrons. The number of hydrogen-bond acceptors (Lipinski definition) is 2. The molecule has 0 radical (unpaired) electrons. The van der Waals surface area contributed by atoms with Gasteiger partial charge < -0.3 is 13.9 Å². The summed E-state index contributed by atoms with van der Waals surface area (Å²) in [5.74, 6) is 0. The van der Waals surface area contributed by atoms with Gasteiger partial charge in [0, 0.05) is 48.8 Å². The maximum atomic E-state index is 6.65. The number of aryl methyl sites for hydroxylation is 1. The van der Waals surface area contributed by atoms with Crippen LogP contribution in [0.1, 0.15) is 5.56 Å². The molecule has 0 saturated carbocycles. The number of para-hydroxylation sites is 2. The molecule has 2 heterocycles. The predicted octanol–water partition coefficient (Wildman–Crippen LogP) is 14.4. The zero-order valence-electron chi connectivity index (χ0n) is 29.7. The predicted molar refractivity (Wildman–Crippen MR) is 228 cm³/mol. The summed E-state index contributed by atoms with van der Waals surface area (Å²) in [6.07, 6.45) is 0. The van der Waals surface area contributed by atoms with Crippen LogP contribution in [0.3, 0.4) is 0 Å². The van der Waals surface area contributed by atoms with Gasteiger partial charge in [-0.25, -0.2) is 0 Å². The Morgan fingerprint density at radius 1 is 0.426 bits per heavy atom. The molecule has 0 aliphatic rings. The topological polar surface area (TPSA) is 21.3 Å². The van der Waals surface area contributed by atoms with Crippen molar-refractivity contribution in [1.82, 2.24) is 4.57 Å². The molecule has 3 heteroatoms. The third-order valence-corrected chi connectivity index (χ3v) is 11.1. The van der Waals surface area contributed by atoms with Crippen LogP contribution in [0, 0.1) is 6.92 Å².